The number of halogens is 3. The molecule has 28 heavy (non-hydrogen) atoms. The molecule has 1 atom stereocenters. The Bertz CT molecular complexity index is 956. The van der Waals surface area contributed by atoms with Crippen LogP contribution in [0.4, 0.5) is 18.9 Å². The second-order valence-corrected chi connectivity index (χ2v) is 9.35. The molecule has 152 valence electrons. The number of alkyl halides is 3. The van der Waals surface area contributed by atoms with Crippen LogP contribution in [0, 0.1) is 12.8 Å². The van der Waals surface area contributed by atoms with Crippen LogP contribution in [-0.2, 0) is 23.1 Å². The molecule has 0 bridgehead atoms. The molecule has 6 nitrogen and oxygen atoms in total. The van der Waals surface area contributed by atoms with Crippen LogP contribution >= 0.6 is 0 Å². The molecule has 1 aliphatic heterocycles. The highest BCUT2D eigenvalue weighted by Crippen LogP contribution is 2.43. The monoisotopic (exact) mass is 414 g/mol. The molecule has 1 aromatic heterocycles. The third-order valence-electron chi connectivity index (χ3n) is 5.51. The molecule has 1 fully saturated rings. The number of hydrogen-bond acceptors (Lipinski definition) is 4. The van der Waals surface area contributed by atoms with Crippen molar-refractivity contribution in [2.45, 2.75) is 44.4 Å². The first kappa shape index (κ1) is 19.3. The van der Waals surface area contributed by atoms with Crippen LogP contribution in [-0.4, -0.2) is 40.8 Å². The van der Waals surface area contributed by atoms with E-state index in [1.807, 2.05) is 17.0 Å². The highest BCUT2D eigenvalue weighted by atomic mass is 32.2. The lowest BCUT2D eigenvalue weighted by Crippen LogP contribution is -2.47. The molecule has 0 saturated heterocycles. The Morgan fingerprint density at radius 1 is 1.29 bits per heavy atom. The zero-order chi connectivity index (χ0) is 20.1. The second kappa shape index (κ2) is 6.77. The van der Waals surface area contributed by atoms with Crippen molar-refractivity contribution in [2.24, 2.45) is 5.92 Å². The second-order valence-electron chi connectivity index (χ2n) is 7.43. The highest BCUT2D eigenvalue weighted by Gasteiger charge is 2.52. The Morgan fingerprint density at radius 3 is 2.64 bits per heavy atom. The maximum absolute atomic E-state index is 13.3. The summed E-state index contributed by atoms with van der Waals surface area (Å²) in [6, 6.07) is 5.18. The number of nitrogens with zero attached hydrogens (tertiary/aromatic N) is 3. The van der Waals surface area contributed by atoms with E-state index in [1.165, 1.54) is 0 Å². The summed E-state index contributed by atoms with van der Waals surface area (Å²) in [6.07, 6.45) is 4.99. The van der Waals surface area contributed by atoms with Crippen molar-refractivity contribution < 1.29 is 21.6 Å². The van der Waals surface area contributed by atoms with E-state index in [2.05, 4.69) is 9.97 Å². The number of sulfonamides is 1. The summed E-state index contributed by atoms with van der Waals surface area (Å²) in [5, 5.41) is 0. The van der Waals surface area contributed by atoms with Gasteiger partial charge in [0.25, 0.3) is 0 Å². The molecule has 1 aliphatic carbocycles. The number of aromatic nitrogens is 2. The number of imidazole rings is 1. The number of aromatic amines is 1. The van der Waals surface area contributed by atoms with Gasteiger partial charge in [0.1, 0.15) is 0 Å². The molecule has 0 amide bonds. The normalized spacial score (nSPS) is 21.4. The standard InChI is InChI=1S/C18H21F3N4O2S/c1-12-3-2-4-16-15(12)9-24(28(26,27)18(19,20)21)10-17(13-5-6-13)25(16)8-14-7-22-11-23-14/h2-4,7,11,13,17H,5-6,8-10H2,1H3,(H,22,23). The molecule has 2 aromatic rings. The van der Waals surface area contributed by atoms with Crippen molar-refractivity contribution in [2.75, 3.05) is 11.4 Å². The fourth-order valence-corrected chi connectivity index (χ4v) is 4.80. The van der Waals surface area contributed by atoms with Crippen LogP contribution in [0.15, 0.2) is 30.7 Å². The van der Waals surface area contributed by atoms with Gasteiger partial charge in [-0.3, -0.25) is 0 Å². The zero-order valence-corrected chi connectivity index (χ0v) is 16.1. The lowest BCUT2D eigenvalue weighted by atomic mass is 10.0. The van der Waals surface area contributed by atoms with Crippen LogP contribution < -0.4 is 4.90 Å². The molecule has 10 heteroatoms. The SMILES string of the molecule is Cc1cccc2c1CN(S(=O)(=O)C(F)(F)F)CC(C1CC1)N2Cc1cnc[nH]1. The van der Waals surface area contributed by atoms with Gasteiger partial charge in [0.05, 0.1) is 18.6 Å². The number of fused-ring (bicyclic) bond motifs is 1. The Balaban J connectivity index is 1.82. The number of hydrogen-bond donors (Lipinski definition) is 1. The van der Waals surface area contributed by atoms with Gasteiger partial charge in [-0.25, -0.2) is 13.4 Å². The van der Waals surface area contributed by atoms with Gasteiger partial charge in [-0.1, -0.05) is 12.1 Å². The van der Waals surface area contributed by atoms with Crippen molar-refractivity contribution in [3.05, 3.63) is 47.5 Å². The number of rotatable bonds is 4. The van der Waals surface area contributed by atoms with E-state index in [0.717, 1.165) is 29.8 Å². The van der Waals surface area contributed by atoms with E-state index < -0.39 is 15.5 Å². The minimum Gasteiger partial charge on any atom is -0.361 e. The average Bonchev–Trinajstić information content (AvgIpc) is 3.35. The van der Waals surface area contributed by atoms with Crippen LogP contribution in [0.5, 0.6) is 0 Å². The van der Waals surface area contributed by atoms with E-state index in [0.29, 0.717) is 16.4 Å². The number of H-pyrrole nitrogens is 1. The number of anilines is 1. The molecule has 1 N–H and O–H groups in total. The minimum atomic E-state index is -5.42. The van der Waals surface area contributed by atoms with Crippen molar-refractivity contribution in [1.82, 2.24) is 14.3 Å². The Morgan fingerprint density at radius 2 is 2.04 bits per heavy atom. The molecule has 1 saturated carbocycles. The predicted molar refractivity (Wildman–Crippen MR) is 97.8 cm³/mol. The zero-order valence-electron chi connectivity index (χ0n) is 15.3. The molecular weight excluding hydrogens is 393 g/mol. The first-order valence-electron chi connectivity index (χ1n) is 9.07. The van der Waals surface area contributed by atoms with Crippen LogP contribution in [0.2, 0.25) is 0 Å². The number of nitrogens with one attached hydrogen (secondary N) is 1. The molecule has 1 unspecified atom stereocenters. The van der Waals surface area contributed by atoms with Gasteiger partial charge in [0.2, 0.25) is 0 Å². The fourth-order valence-electron chi connectivity index (χ4n) is 3.86. The maximum atomic E-state index is 13.3. The van der Waals surface area contributed by atoms with Gasteiger partial charge in [-0.05, 0) is 42.9 Å². The van der Waals surface area contributed by atoms with Crippen LogP contribution in [0.1, 0.15) is 29.7 Å². The van der Waals surface area contributed by atoms with E-state index in [9.17, 15) is 21.6 Å². The summed E-state index contributed by atoms with van der Waals surface area (Å²) in [5.74, 6) is 0.167. The Hall–Kier alpha value is -2.07. The molecule has 4 rings (SSSR count). The lowest BCUT2D eigenvalue weighted by Gasteiger charge is -2.34. The lowest BCUT2D eigenvalue weighted by molar-refractivity contribution is -0.0492. The molecule has 1 aromatic carbocycles. The quantitative estimate of drug-likeness (QED) is 0.835. The third-order valence-corrected chi connectivity index (χ3v) is 7.06. The maximum Gasteiger partial charge on any atom is 0.511 e. The minimum absolute atomic E-state index is 0.167. The Kier molecular flexibility index (Phi) is 4.65. The summed E-state index contributed by atoms with van der Waals surface area (Å²) in [4.78, 5) is 9.09. The first-order chi connectivity index (χ1) is 13.2. The van der Waals surface area contributed by atoms with Crippen molar-refractivity contribution in [3.63, 3.8) is 0 Å². The first-order valence-corrected chi connectivity index (χ1v) is 10.5. The number of benzene rings is 1. The molecule has 0 spiro atoms. The third kappa shape index (κ3) is 3.39. The van der Waals surface area contributed by atoms with Gasteiger partial charge in [-0.2, -0.15) is 17.5 Å². The van der Waals surface area contributed by atoms with Gasteiger partial charge < -0.3 is 9.88 Å². The van der Waals surface area contributed by atoms with E-state index in [4.69, 9.17) is 0 Å². The summed E-state index contributed by atoms with van der Waals surface area (Å²) < 4.78 is 65.1. The van der Waals surface area contributed by atoms with Crippen molar-refractivity contribution in [3.8, 4) is 0 Å². The van der Waals surface area contributed by atoms with Gasteiger partial charge in [0.15, 0.2) is 0 Å². The van der Waals surface area contributed by atoms with Crippen LogP contribution in [0.3, 0.4) is 0 Å². The number of aryl methyl sites for hydroxylation is 1. The predicted octanol–water partition coefficient (Wildman–Crippen LogP) is 3.17. The summed E-state index contributed by atoms with van der Waals surface area (Å²) in [5.41, 5.74) is -2.33. The summed E-state index contributed by atoms with van der Waals surface area (Å²) >= 11 is 0. The molecule has 2 heterocycles. The Labute approximate surface area is 161 Å². The van der Waals surface area contributed by atoms with Crippen LogP contribution in [0.25, 0.3) is 0 Å². The van der Waals surface area contributed by atoms with E-state index in [1.54, 1.807) is 25.5 Å². The van der Waals surface area contributed by atoms with E-state index in [-0.39, 0.29) is 25.0 Å². The van der Waals surface area contributed by atoms with Gasteiger partial charge in [0, 0.05) is 31.0 Å². The smallest absolute Gasteiger partial charge is 0.361 e. The van der Waals surface area contributed by atoms with E-state index >= 15 is 0 Å². The average molecular weight is 414 g/mol. The highest BCUT2D eigenvalue weighted by molar-refractivity contribution is 7.89. The largest absolute Gasteiger partial charge is 0.511 e. The summed E-state index contributed by atoms with van der Waals surface area (Å²) in [7, 11) is -5.42. The topological polar surface area (TPSA) is 69.3 Å². The van der Waals surface area contributed by atoms with Gasteiger partial charge >= 0.3 is 15.5 Å². The fraction of sp³-hybridized carbons (Fsp3) is 0.500. The molecule has 2 aliphatic rings. The van der Waals surface area contributed by atoms with Crippen molar-refractivity contribution in [1.29, 1.82) is 0 Å². The van der Waals surface area contributed by atoms with Crippen molar-refractivity contribution >= 4 is 15.7 Å². The molecule has 0 radical (unpaired) electrons. The summed E-state index contributed by atoms with van der Waals surface area (Å²) in [6.45, 7) is 1.75. The van der Waals surface area contributed by atoms with Gasteiger partial charge in [-0.15, -0.1) is 0 Å². The molecular formula is C18H21F3N4O2S.